The van der Waals surface area contributed by atoms with Gasteiger partial charge in [0.15, 0.2) is 0 Å². The van der Waals surface area contributed by atoms with Gasteiger partial charge in [0.25, 0.3) is 0 Å². The lowest BCUT2D eigenvalue weighted by molar-refractivity contribution is 0.123. The van der Waals surface area contributed by atoms with E-state index < -0.39 is 0 Å². The highest BCUT2D eigenvalue weighted by atomic mass is 16.5. The zero-order valence-corrected chi connectivity index (χ0v) is 10.8. The van der Waals surface area contributed by atoms with Crippen LogP contribution in [0.1, 0.15) is 37.9 Å². The van der Waals surface area contributed by atoms with Crippen molar-refractivity contribution < 1.29 is 4.74 Å². The van der Waals surface area contributed by atoms with Crippen LogP contribution in [0.3, 0.4) is 0 Å². The maximum Gasteiger partial charge on any atom is 0.244 e. The Labute approximate surface area is 107 Å². The van der Waals surface area contributed by atoms with Gasteiger partial charge < -0.3 is 15.4 Å². The summed E-state index contributed by atoms with van der Waals surface area (Å²) in [6, 6.07) is 0.246. The van der Waals surface area contributed by atoms with Gasteiger partial charge in [-0.05, 0) is 26.2 Å². The van der Waals surface area contributed by atoms with Crippen LogP contribution < -0.4 is 10.6 Å². The second-order valence-electron chi connectivity index (χ2n) is 5.45. The van der Waals surface area contributed by atoms with Crippen LogP contribution in [0.2, 0.25) is 0 Å². The van der Waals surface area contributed by atoms with Crippen molar-refractivity contribution in [2.45, 2.75) is 44.2 Å². The van der Waals surface area contributed by atoms with Gasteiger partial charge in [-0.15, -0.1) is 5.10 Å². The van der Waals surface area contributed by atoms with Gasteiger partial charge in [0.1, 0.15) is 5.82 Å². The summed E-state index contributed by atoms with van der Waals surface area (Å²) in [4.78, 5) is 6.78. The fourth-order valence-corrected chi connectivity index (χ4v) is 2.79. The third kappa shape index (κ3) is 2.35. The number of anilines is 1. The van der Waals surface area contributed by atoms with E-state index in [1.807, 2.05) is 0 Å². The van der Waals surface area contributed by atoms with Crippen LogP contribution in [0.25, 0.3) is 0 Å². The number of hydrogen-bond donors (Lipinski definition) is 2. The standard InChI is InChI=1S/C12H21N5O/c1-8-5-9(7-18-8)11-14-12(16-15-11)17-4-2-3-10(13)6-17/h8-10H,2-7,13H2,1H3,(H,14,15,16). The first-order chi connectivity index (χ1) is 8.72. The lowest BCUT2D eigenvalue weighted by Crippen LogP contribution is -2.43. The summed E-state index contributed by atoms with van der Waals surface area (Å²) in [5.74, 6) is 2.10. The molecule has 3 rings (SSSR count). The molecule has 6 heteroatoms. The van der Waals surface area contributed by atoms with Crippen LogP contribution in [-0.2, 0) is 4.74 Å². The van der Waals surface area contributed by atoms with Crippen LogP contribution in [0, 0.1) is 0 Å². The second kappa shape index (κ2) is 4.85. The Morgan fingerprint density at radius 3 is 3.11 bits per heavy atom. The molecule has 3 atom stereocenters. The van der Waals surface area contributed by atoms with Crippen molar-refractivity contribution in [1.82, 2.24) is 15.2 Å². The van der Waals surface area contributed by atoms with E-state index in [0.29, 0.717) is 12.0 Å². The predicted molar refractivity (Wildman–Crippen MR) is 68.6 cm³/mol. The van der Waals surface area contributed by atoms with Crippen LogP contribution in [-0.4, -0.2) is 47.0 Å². The maximum atomic E-state index is 5.98. The summed E-state index contributed by atoms with van der Waals surface area (Å²) in [5, 5.41) is 7.38. The molecular formula is C12H21N5O. The molecule has 0 aliphatic carbocycles. The lowest BCUT2D eigenvalue weighted by atomic mass is 10.1. The molecule has 0 radical (unpaired) electrons. The van der Waals surface area contributed by atoms with E-state index in [-0.39, 0.29) is 6.04 Å². The molecule has 2 fully saturated rings. The highest BCUT2D eigenvalue weighted by Crippen LogP contribution is 2.27. The van der Waals surface area contributed by atoms with E-state index in [0.717, 1.165) is 50.7 Å². The Kier molecular flexibility index (Phi) is 3.22. The molecule has 100 valence electrons. The molecule has 18 heavy (non-hydrogen) atoms. The molecular weight excluding hydrogens is 230 g/mol. The van der Waals surface area contributed by atoms with E-state index in [9.17, 15) is 0 Å². The van der Waals surface area contributed by atoms with Crippen LogP contribution in [0.5, 0.6) is 0 Å². The number of H-pyrrole nitrogens is 1. The molecule has 1 aromatic heterocycles. The van der Waals surface area contributed by atoms with Gasteiger partial charge in [0, 0.05) is 25.0 Å². The predicted octanol–water partition coefficient (Wildman–Crippen LogP) is 0.625. The first kappa shape index (κ1) is 11.9. The number of piperidine rings is 1. The molecule has 3 N–H and O–H groups in total. The third-order valence-electron chi connectivity index (χ3n) is 3.82. The Hall–Kier alpha value is -1.14. The SMILES string of the molecule is CC1CC(c2nc(N3CCCC(N)C3)n[nH]2)CO1. The molecule has 3 heterocycles. The molecule has 0 saturated carbocycles. The lowest BCUT2D eigenvalue weighted by Gasteiger charge is -2.29. The Morgan fingerprint density at radius 2 is 2.39 bits per heavy atom. The molecule has 6 nitrogen and oxygen atoms in total. The highest BCUT2D eigenvalue weighted by Gasteiger charge is 2.27. The fraction of sp³-hybridized carbons (Fsp3) is 0.833. The smallest absolute Gasteiger partial charge is 0.244 e. The summed E-state index contributed by atoms with van der Waals surface area (Å²) >= 11 is 0. The quantitative estimate of drug-likeness (QED) is 0.805. The van der Waals surface area contributed by atoms with Gasteiger partial charge in [-0.3, -0.25) is 5.10 Å². The number of nitrogens with zero attached hydrogens (tertiary/aromatic N) is 3. The molecule has 0 bridgehead atoms. The van der Waals surface area contributed by atoms with Crippen molar-refractivity contribution >= 4 is 5.95 Å². The van der Waals surface area contributed by atoms with Gasteiger partial charge in [0.05, 0.1) is 12.7 Å². The van der Waals surface area contributed by atoms with Crippen LogP contribution in [0.15, 0.2) is 0 Å². The summed E-state index contributed by atoms with van der Waals surface area (Å²) < 4.78 is 5.57. The molecule has 0 aromatic carbocycles. The highest BCUT2D eigenvalue weighted by molar-refractivity contribution is 5.30. The summed E-state index contributed by atoms with van der Waals surface area (Å²) in [6.07, 6.45) is 3.57. The number of aromatic amines is 1. The Balaban J connectivity index is 1.69. The average Bonchev–Trinajstić information content (AvgIpc) is 2.97. The zero-order valence-electron chi connectivity index (χ0n) is 10.8. The number of rotatable bonds is 2. The minimum atomic E-state index is 0.246. The van der Waals surface area contributed by atoms with E-state index in [1.165, 1.54) is 0 Å². The van der Waals surface area contributed by atoms with E-state index >= 15 is 0 Å². The zero-order chi connectivity index (χ0) is 12.5. The normalized spacial score (nSPS) is 33.0. The molecule has 1 aromatic rings. The first-order valence-electron chi connectivity index (χ1n) is 6.77. The largest absolute Gasteiger partial charge is 0.378 e. The molecule has 0 amide bonds. The monoisotopic (exact) mass is 251 g/mol. The van der Waals surface area contributed by atoms with Crippen LogP contribution in [0.4, 0.5) is 5.95 Å². The van der Waals surface area contributed by atoms with Crippen molar-refractivity contribution in [2.24, 2.45) is 5.73 Å². The second-order valence-corrected chi connectivity index (χ2v) is 5.45. The van der Waals surface area contributed by atoms with Crippen molar-refractivity contribution in [3.63, 3.8) is 0 Å². The maximum absolute atomic E-state index is 5.98. The minimum absolute atomic E-state index is 0.246. The molecule has 2 aliphatic heterocycles. The topological polar surface area (TPSA) is 80.1 Å². The number of nitrogens with one attached hydrogen (secondary N) is 1. The third-order valence-corrected chi connectivity index (χ3v) is 3.82. The molecule has 2 saturated heterocycles. The minimum Gasteiger partial charge on any atom is -0.378 e. The van der Waals surface area contributed by atoms with Crippen molar-refractivity contribution in [3.05, 3.63) is 5.82 Å². The molecule has 0 spiro atoms. The number of hydrogen-bond acceptors (Lipinski definition) is 5. The summed E-state index contributed by atoms with van der Waals surface area (Å²) in [7, 11) is 0. The van der Waals surface area contributed by atoms with Crippen molar-refractivity contribution in [2.75, 3.05) is 24.6 Å². The van der Waals surface area contributed by atoms with E-state index in [2.05, 4.69) is 27.0 Å². The molecule has 2 aliphatic rings. The van der Waals surface area contributed by atoms with Crippen molar-refractivity contribution in [1.29, 1.82) is 0 Å². The van der Waals surface area contributed by atoms with Gasteiger partial charge in [0.2, 0.25) is 5.95 Å². The van der Waals surface area contributed by atoms with Crippen molar-refractivity contribution in [3.8, 4) is 0 Å². The van der Waals surface area contributed by atoms with E-state index in [4.69, 9.17) is 10.5 Å². The summed E-state index contributed by atoms with van der Waals surface area (Å²) in [5.41, 5.74) is 5.98. The number of aromatic nitrogens is 3. The first-order valence-corrected chi connectivity index (χ1v) is 6.77. The number of nitrogens with two attached hydrogens (primary N) is 1. The van der Waals surface area contributed by atoms with Gasteiger partial charge in [-0.2, -0.15) is 4.98 Å². The van der Waals surface area contributed by atoms with Gasteiger partial charge in [-0.25, -0.2) is 0 Å². The fourth-order valence-electron chi connectivity index (χ4n) is 2.79. The Bertz CT molecular complexity index is 407. The average molecular weight is 251 g/mol. The Morgan fingerprint density at radius 1 is 1.50 bits per heavy atom. The number of ether oxygens (including phenoxy) is 1. The molecule has 3 unspecified atom stereocenters. The summed E-state index contributed by atoms with van der Waals surface area (Å²) in [6.45, 7) is 4.70. The van der Waals surface area contributed by atoms with Crippen LogP contribution >= 0.6 is 0 Å². The van der Waals surface area contributed by atoms with E-state index in [1.54, 1.807) is 0 Å². The van der Waals surface area contributed by atoms with Gasteiger partial charge >= 0.3 is 0 Å². The van der Waals surface area contributed by atoms with Gasteiger partial charge in [-0.1, -0.05) is 0 Å².